The first-order valence-corrected chi connectivity index (χ1v) is 12.2. The SMILES string of the molecule is CC(C)(CC(CCN1CC(=O)NC1=O)c1ccc([N+](=O)[O-])c(C(F)(F)F)c1)SCCCC(F)(F)C(F)(F)F. The lowest BCUT2D eigenvalue weighted by molar-refractivity contribution is -0.388. The number of benzene rings is 1. The Hall–Kier alpha value is -2.65. The van der Waals surface area contributed by atoms with Crippen molar-refractivity contribution in [3.63, 3.8) is 0 Å². The number of nitrogens with zero attached hydrogens (tertiary/aromatic N) is 2. The topological polar surface area (TPSA) is 92.6 Å². The summed E-state index contributed by atoms with van der Waals surface area (Å²) in [7, 11) is 0. The minimum Gasteiger partial charge on any atom is -0.315 e. The molecule has 214 valence electrons. The molecular formula is C22H25F8N3O4S. The van der Waals surface area contributed by atoms with Gasteiger partial charge in [0.25, 0.3) is 5.69 Å². The summed E-state index contributed by atoms with van der Waals surface area (Å²) in [6.07, 6.45) is -12.5. The Bertz CT molecular complexity index is 1050. The number of nitro benzene ring substituents is 1. The van der Waals surface area contributed by atoms with Crippen molar-refractivity contribution in [1.29, 1.82) is 0 Å². The summed E-state index contributed by atoms with van der Waals surface area (Å²) in [6.45, 7) is 2.97. The van der Waals surface area contributed by atoms with E-state index in [0.29, 0.717) is 6.07 Å². The second-order valence-corrected chi connectivity index (χ2v) is 11.2. The summed E-state index contributed by atoms with van der Waals surface area (Å²) in [5, 5.41) is 13.2. The fourth-order valence-electron chi connectivity index (χ4n) is 3.99. The average Bonchev–Trinajstić information content (AvgIpc) is 3.09. The van der Waals surface area contributed by atoms with Crippen molar-refractivity contribution in [2.75, 3.05) is 18.8 Å². The van der Waals surface area contributed by atoms with Crippen LogP contribution in [0, 0.1) is 10.1 Å². The van der Waals surface area contributed by atoms with Crippen molar-refractivity contribution in [1.82, 2.24) is 10.2 Å². The van der Waals surface area contributed by atoms with Crippen LogP contribution in [0.3, 0.4) is 0 Å². The monoisotopic (exact) mass is 579 g/mol. The molecule has 0 bridgehead atoms. The lowest BCUT2D eigenvalue weighted by Crippen LogP contribution is -2.36. The fourth-order valence-corrected chi connectivity index (χ4v) is 5.15. The zero-order valence-corrected chi connectivity index (χ0v) is 21.0. The van der Waals surface area contributed by atoms with Crippen LogP contribution in [-0.2, 0) is 11.0 Å². The quantitative estimate of drug-likeness (QED) is 0.100. The van der Waals surface area contributed by atoms with Crippen molar-refractivity contribution in [3.8, 4) is 0 Å². The number of hydrogen-bond donors (Lipinski definition) is 1. The van der Waals surface area contributed by atoms with Gasteiger partial charge in [-0.2, -0.15) is 46.9 Å². The van der Waals surface area contributed by atoms with Crippen molar-refractivity contribution in [2.24, 2.45) is 0 Å². The summed E-state index contributed by atoms with van der Waals surface area (Å²) in [4.78, 5) is 34.4. The molecule has 0 radical (unpaired) electrons. The van der Waals surface area contributed by atoms with Gasteiger partial charge in [-0.25, -0.2) is 4.79 Å². The first-order valence-electron chi connectivity index (χ1n) is 11.3. The highest BCUT2D eigenvalue weighted by Crippen LogP contribution is 2.43. The molecule has 0 aliphatic carbocycles. The van der Waals surface area contributed by atoms with Crippen molar-refractivity contribution < 1.29 is 49.6 Å². The van der Waals surface area contributed by atoms with E-state index in [1.54, 1.807) is 13.8 Å². The van der Waals surface area contributed by atoms with Crippen LogP contribution in [0.15, 0.2) is 18.2 Å². The van der Waals surface area contributed by atoms with E-state index in [2.05, 4.69) is 5.32 Å². The molecule has 1 aromatic rings. The normalized spacial score (nSPS) is 16.1. The number of nitro groups is 1. The zero-order chi connectivity index (χ0) is 29.1. The van der Waals surface area contributed by atoms with E-state index in [0.717, 1.165) is 28.8 Å². The molecule has 3 amide bonds. The second kappa shape index (κ2) is 11.6. The maximum absolute atomic E-state index is 13.6. The fraction of sp³-hybridized carbons (Fsp3) is 0.636. The van der Waals surface area contributed by atoms with Gasteiger partial charge in [0.15, 0.2) is 0 Å². The van der Waals surface area contributed by atoms with Crippen LogP contribution in [0.25, 0.3) is 0 Å². The Morgan fingerprint density at radius 3 is 2.24 bits per heavy atom. The molecule has 0 spiro atoms. The molecule has 7 nitrogen and oxygen atoms in total. The molecule has 1 heterocycles. The first-order chi connectivity index (χ1) is 17.2. The molecule has 1 aliphatic heterocycles. The predicted molar refractivity (Wildman–Crippen MR) is 122 cm³/mol. The van der Waals surface area contributed by atoms with E-state index in [1.165, 1.54) is 0 Å². The minimum absolute atomic E-state index is 0.0425. The molecule has 2 rings (SSSR count). The van der Waals surface area contributed by atoms with Crippen LogP contribution < -0.4 is 5.32 Å². The number of hydrogen-bond acceptors (Lipinski definition) is 5. The molecule has 1 saturated heterocycles. The van der Waals surface area contributed by atoms with Gasteiger partial charge in [-0.15, -0.1) is 0 Å². The van der Waals surface area contributed by atoms with Gasteiger partial charge >= 0.3 is 24.3 Å². The summed E-state index contributed by atoms with van der Waals surface area (Å²) < 4.78 is 103. The number of carbonyl (C=O) groups is 2. The number of amides is 3. The molecule has 0 saturated carbocycles. The van der Waals surface area contributed by atoms with Gasteiger partial charge < -0.3 is 4.90 Å². The maximum atomic E-state index is 13.6. The van der Waals surface area contributed by atoms with Gasteiger partial charge in [-0.1, -0.05) is 19.9 Å². The molecule has 1 N–H and O–H groups in total. The van der Waals surface area contributed by atoms with Crippen LogP contribution in [0.4, 0.5) is 45.6 Å². The number of urea groups is 1. The maximum Gasteiger partial charge on any atom is 0.453 e. The van der Waals surface area contributed by atoms with E-state index in [9.17, 15) is 54.8 Å². The molecule has 1 atom stereocenters. The Balaban J connectivity index is 2.24. The summed E-state index contributed by atoms with van der Waals surface area (Å²) in [5.41, 5.74) is -2.56. The van der Waals surface area contributed by atoms with Gasteiger partial charge in [0.2, 0.25) is 5.91 Å². The molecule has 1 fully saturated rings. The van der Waals surface area contributed by atoms with Crippen molar-refractivity contribution in [2.45, 2.75) is 68.5 Å². The summed E-state index contributed by atoms with van der Waals surface area (Å²) in [6, 6.07) is 1.82. The molecule has 16 heteroatoms. The number of nitrogens with one attached hydrogen (secondary N) is 1. The highest BCUT2D eigenvalue weighted by Gasteiger charge is 2.56. The third-order valence-electron chi connectivity index (χ3n) is 5.89. The number of imide groups is 1. The molecular weight excluding hydrogens is 554 g/mol. The Morgan fingerprint density at radius 1 is 1.11 bits per heavy atom. The third-order valence-corrected chi connectivity index (χ3v) is 7.33. The van der Waals surface area contributed by atoms with Gasteiger partial charge in [0, 0.05) is 23.8 Å². The van der Waals surface area contributed by atoms with E-state index in [-0.39, 0.29) is 37.2 Å². The van der Waals surface area contributed by atoms with Crippen molar-refractivity contribution in [3.05, 3.63) is 39.4 Å². The molecule has 1 aromatic carbocycles. The van der Waals surface area contributed by atoms with E-state index < -0.39 is 69.9 Å². The van der Waals surface area contributed by atoms with Crippen LogP contribution in [0.5, 0.6) is 0 Å². The van der Waals surface area contributed by atoms with Crippen molar-refractivity contribution >= 4 is 29.4 Å². The Labute approximate surface area is 216 Å². The lowest BCUT2D eigenvalue weighted by Gasteiger charge is -2.31. The van der Waals surface area contributed by atoms with Gasteiger partial charge in [0.1, 0.15) is 12.1 Å². The van der Waals surface area contributed by atoms with E-state index in [4.69, 9.17) is 0 Å². The Kier molecular flexibility index (Phi) is 9.65. The smallest absolute Gasteiger partial charge is 0.315 e. The highest BCUT2D eigenvalue weighted by molar-refractivity contribution is 8.00. The minimum atomic E-state index is -5.67. The number of carbonyl (C=O) groups excluding carboxylic acids is 2. The van der Waals surface area contributed by atoms with Gasteiger partial charge in [0.05, 0.1) is 4.92 Å². The number of thioether (sulfide) groups is 1. The molecule has 38 heavy (non-hydrogen) atoms. The standard InChI is InChI=1S/C22H25F8N3O4S/c1-19(2,38-9-3-7-20(23,24)22(28,29)30)11-14(6-8-32-12-17(34)31-18(32)35)13-4-5-16(33(36)37)15(10-13)21(25,26)27/h4-5,10,14H,3,6-9,11-12H2,1-2H3,(H,31,34,35). The second-order valence-electron chi connectivity index (χ2n) is 9.41. The highest BCUT2D eigenvalue weighted by atomic mass is 32.2. The van der Waals surface area contributed by atoms with Gasteiger partial charge in [-0.3, -0.25) is 20.2 Å². The lowest BCUT2D eigenvalue weighted by atomic mass is 9.86. The number of rotatable bonds is 12. The van der Waals surface area contributed by atoms with Gasteiger partial charge in [-0.05, 0) is 42.6 Å². The number of halogens is 8. The number of alkyl halides is 8. The molecule has 0 aromatic heterocycles. The zero-order valence-electron chi connectivity index (χ0n) is 20.2. The van der Waals surface area contributed by atoms with Crippen LogP contribution in [0.1, 0.15) is 56.6 Å². The van der Waals surface area contributed by atoms with E-state index in [1.807, 2.05) is 0 Å². The molecule has 1 unspecified atom stereocenters. The predicted octanol–water partition coefficient (Wildman–Crippen LogP) is 6.52. The molecule has 1 aliphatic rings. The largest absolute Gasteiger partial charge is 0.453 e. The Morgan fingerprint density at radius 2 is 1.74 bits per heavy atom. The van der Waals surface area contributed by atoms with Crippen LogP contribution >= 0.6 is 11.8 Å². The summed E-state index contributed by atoms with van der Waals surface area (Å²) in [5.74, 6) is -6.24. The van der Waals surface area contributed by atoms with E-state index >= 15 is 0 Å². The summed E-state index contributed by atoms with van der Waals surface area (Å²) >= 11 is 1.05. The average molecular weight is 580 g/mol. The first kappa shape index (κ1) is 31.6. The van der Waals surface area contributed by atoms with Crippen LogP contribution in [0.2, 0.25) is 0 Å². The third kappa shape index (κ3) is 8.43. The van der Waals surface area contributed by atoms with Crippen LogP contribution in [-0.4, -0.2) is 57.4 Å².